The molecule has 10 nitrogen and oxygen atoms in total. The van der Waals surface area contributed by atoms with Gasteiger partial charge in [0.15, 0.2) is 9.84 Å². The number of benzene rings is 4. The summed E-state index contributed by atoms with van der Waals surface area (Å²) in [5, 5.41) is 18.7. The summed E-state index contributed by atoms with van der Waals surface area (Å²) in [6, 6.07) is 30.0. The summed E-state index contributed by atoms with van der Waals surface area (Å²) in [6.07, 6.45) is 0.862. The Morgan fingerprint density at radius 1 is 0.917 bits per heavy atom. The molecule has 0 radical (unpaired) electrons. The van der Waals surface area contributed by atoms with Gasteiger partial charge in [0.1, 0.15) is 24.5 Å². The first kappa shape index (κ1) is 34.6. The van der Waals surface area contributed by atoms with Crippen molar-refractivity contribution in [3.05, 3.63) is 125 Å². The smallest absolute Gasteiger partial charge is 0.405 e. The molecule has 4 aromatic rings. The molecule has 1 unspecified atom stereocenters. The van der Waals surface area contributed by atoms with Crippen LogP contribution in [0.25, 0.3) is 0 Å². The molecule has 11 heteroatoms. The molecule has 0 saturated carbocycles. The van der Waals surface area contributed by atoms with Crippen molar-refractivity contribution in [3.8, 4) is 5.75 Å². The van der Waals surface area contributed by atoms with Gasteiger partial charge in [-0.2, -0.15) is 0 Å². The number of nitrogens with one attached hydrogen (secondary N) is 3. The number of carboxylic acid groups (broad SMARTS) is 1. The van der Waals surface area contributed by atoms with Crippen molar-refractivity contribution in [1.29, 1.82) is 0 Å². The Balaban J connectivity index is 1.24. The highest BCUT2D eigenvalue weighted by Crippen LogP contribution is 2.30. The molecule has 1 fully saturated rings. The Morgan fingerprint density at radius 2 is 1.54 bits per heavy atom. The highest BCUT2D eigenvalue weighted by Gasteiger charge is 2.33. The quantitative estimate of drug-likeness (QED) is 0.153. The second kappa shape index (κ2) is 15.9. The van der Waals surface area contributed by atoms with Crippen molar-refractivity contribution in [3.63, 3.8) is 0 Å². The largest absolute Gasteiger partial charge is 0.491 e. The summed E-state index contributed by atoms with van der Waals surface area (Å²) in [6.45, 7) is 3.39. The molecule has 1 aliphatic rings. The van der Waals surface area contributed by atoms with Crippen molar-refractivity contribution in [1.82, 2.24) is 10.6 Å². The lowest BCUT2D eigenvalue weighted by molar-refractivity contribution is -0.118. The van der Waals surface area contributed by atoms with Crippen LogP contribution in [0.15, 0.2) is 108 Å². The molecule has 0 aromatic heterocycles. The summed E-state index contributed by atoms with van der Waals surface area (Å²) in [5.74, 6) is -0.414. The van der Waals surface area contributed by atoms with Gasteiger partial charge in [-0.25, -0.2) is 13.2 Å². The Bertz CT molecular complexity index is 1760. The van der Waals surface area contributed by atoms with E-state index in [9.17, 15) is 23.1 Å². The molecular weight excluding hydrogens is 630 g/mol. The Labute approximate surface area is 281 Å². The van der Waals surface area contributed by atoms with Crippen LogP contribution in [-0.2, 0) is 25.8 Å². The Hall–Kier alpha value is -4.71. The van der Waals surface area contributed by atoms with Gasteiger partial charge in [0, 0.05) is 31.0 Å². The van der Waals surface area contributed by atoms with Gasteiger partial charge in [-0.15, -0.1) is 0 Å². The zero-order chi connectivity index (χ0) is 34.1. The molecular formula is C37H41N3O7S. The van der Waals surface area contributed by atoms with Gasteiger partial charge < -0.3 is 30.5 Å². The number of carbonyl (C=O) groups is 2. The average Bonchev–Trinajstić information content (AvgIpc) is 3.07. The first-order chi connectivity index (χ1) is 23.1. The third kappa shape index (κ3) is 9.21. The lowest BCUT2D eigenvalue weighted by Crippen LogP contribution is -2.47. The van der Waals surface area contributed by atoms with E-state index < -0.39 is 33.8 Å². The molecule has 252 valence electrons. The summed E-state index contributed by atoms with van der Waals surface area (Å²) in [7, 11) is -3.30. The number of carbonyl (C=O) groups excluding carboxylic acids is 1. The van der Waals surface area contributed by atoms with Crippen molar-refractivity contribution < 1.29 is 32.6 Å². The van der Waals surface area contributed by atoms with Crippen LogP contribution < -0.4 is 20.7 Å². The number of morpholine rings is 1. The number of rotatable bonds is 13. The minimum Gasteiger partial charge on any atom is -0.491 e. The van der Waals surface area contributed by atoms with Crippen molar-refractivity contribution in [2.24, 2.45) is 0 Å². The first-order valence-electron chi connectivity index (χ1n) is 15.9. The summed E-state index contributed by atoms with van der Waals surface area (Å²) >= 11 is 0. The fourth-order valence-corrected chi connectivity index (χ4v) is 6.66. The number of amides is 2. The van der Waals surface area contributed by atoms with E-state index in [1.54, 1.807) is 18.2 Å². The van der Waals surface area contributed by atoms with Crippen LogP contribution in [0, 0.1) is 6.92 Å². The molecule has 4 aromatic carbocycles. The number of aryl methyl sites for hydroxylation is 2. The third-order valence-corrected chi connectivity index (χ3v) is 9.46. The van der Waals surface area contributed by atoms with E-state index in [2.05, 4.69) is 16.0 Å². The van der Waals surface area contributed by atoms with Crippen molar-refractivity contribution in [2.75, 3.05) is 31.3 Å². The fourth-order valence-electron chi connectivity index (χ4n) is 5.96. The number of hydrogen-bond donors (Lipinski definition) is 4. The maximum Gasteiger partial charge on any atom is 0.405 e. The van der Waals surface area contributed by atoms with E-state index in [1.807, 2.05) is 91.9 Å². The second-order valence-electron chi connectivity index (χ2n) is 12.0. The van der Waals surface area contributed by atoms with Crippen LogP contribution in [0.5, 0.6) is 5.75 Å². The second-order valence-corrected chi connectivity index (χ2v) is 14.0. The molecule has 5 rings (SSSR count). The zero-order valence-corrected chi connectivity index (χ0v) is 27.8. The molecule has 1 saturated heterocycles. The van der Waals surface area contributed by atoms with Crippen LogP contribution in [0.3, 0.4) is 0 Å². The van der Waals surface area contributed by atoms with Gasteiger partial charge >= 0.3 is 6.09 Å². The summed E-state index contributed by atoms with van der Waals surface area (Å²) < 4.78 is 36.1. The fraction of sp³-hybridized carbons (Fsp3) is 0.297. The van der Waals surface area contributed by atoms with Crippen LogP contribution in [-0.4, -0.2) is 69.7 Å². The van der Waals surface area contributed by atoms with Gasteiger partial charge in [-0.1, -0.05) is 78.9 Å². The lowest BCUT2D eigenvalue weighted by Gasteiger charge is -2.31. The number of hydrogen-bond acceptors (Lipinski definition) is 7. The van der Waals surface area contributed by atoms with Crippen molar-refractivity contribution >= 4 is 27.5 Å². The normalized spacial score (nSPS) is 17.0. The first-order valence-corrected chi connectivity index (χ1v) is 17.8. The molecule has 0 bridgehead atoms. The van der Waals surface area contributed by atoms with Gasteiger partial charge in [0.2, 0.25) is 5.91 Å². The summed E-state index contributed by atoms with van der Waals surface area (Å²) in [5.41, 5.74) is 3.87. The minimum atomic E-state index is -3.30. The highest BCUT2D eigenvalue weighted by atomic mass is 32.2. The highest BCUT2D eigenvalue weighted by molar-refractivity contribution is 7.90. The zero-order valence-electron chi connectivity index (χ0n) is 27.0. The van der Waals surface area contributed by atoms with E-state index in [1.165, 1.54) is 6.26 Å². The number of ether oxygens (including phenoxy) is 2. The molecule has 0 aliphatic carbocycles. The molecule has 2 amide bonds. The van der Waals surface area contributed by atoms with Crippen LogP contribution in [0.1, 0.15) is 34.6 Å². The summed E-state index contributed by atoms with van der Waals surface area (Å²) in [4.78, 5) is 26.1. The lowest BCUT2D eigenvalue weighted by atomic mass is 9.84. The Morgan fingerprint density at radius 3 is 2.17 bits per heavy atom. The predicted octanol–water partition coefficient (Wildman–Crippen LogP) is 5.17. The number of sulfone groups is 1. The Kier molecular flexibility index (Phi) is 11.5. The van der Waals surface area contributed by atoms with Gasteiger partial charge in [-0.3, -0.25) is 4.79 Å². The predicted molar refractivity (Wildman–Crippen MR) is 184 cm³/mol. The van der Waals surface area contributed by atoms with Gasteiger partial charge in [0.25, 0.3) is 0 Å². The SMILES string of the molecule is Cc1cc(S(C)(=O)=O)ccc1OC[C@@H]1CNC[C@@H](CCc2ccccc2NC(=O)C(NC(=O)O)C(c2ccccc2)c2ccccc2)O1. The van der Waals surface area contributed by atoms with Gasteiger partial charge in [0.05, 0.1) is 11.0 Å². The van der Waals surface area contributed by atoms with E-state index in [0.717, 1.165) is 22.3 Å². The number of para-hydroxylation sites is 1. The standard InChI is InChI=1S/C37H41N3O7S/c1-25-21-31(48(2,44)45)19-20-33(25)46-24-30-23-38-22-29(47-30)18-17-26-11-9-10-16-32(26)39-36(41)35(40-37(42)43)34(27-12-5-3-6-13-27)28-14-7-4-8-15-28/h3-16,19-21,29-30,34-35,38,40H,17-18,22-24H2,1-2H3,(H,39,41)(H,42,43)/t29-,30+,35?/m1/s1. The topological polar surface area (TPSA) is 143 Å². The van der Waals surface area contributed by atoms with Crippen LogP contribution in [0.2, 0.25) is 0 Å². The third-order valence-electron chi connectivity index (χ3n) is 8.35. The van der Waals surface area contributed by atoms with Gasteiger partial charge in [-0.05, 0) is 66.3 Å². The number of anilines is 1. The van der Waals surface area contributed by atoms with Crippen molar-refractivity contribution in [2.45, 2.75) is 48.8 Å². The molecule has 0 spiro atoms. The molecule has 3 atom stereocenters. The molecule has 4 N–H and O–H groups in total. The van der Waals surface area contributed by atoms with E-state index in [-0.39, 0.29) is 17.1 Å². The average molecular weight is 672 g/mol. The van der Waals surface area contributed by atoms with Crippen LogP contribution >= 0.6 is 0 Å². The van der Waals surface area contributed by atoms with E-state index >= 15 is 0 Å². The van der Waals surface area contributed by atoms with Crippen LogP contribution in [0.4, 0.5) is 10.5 Å². The molecule has 1 aliphatic heterocycles. The maximum atomic E-state index is 13.9. The van der Waals surface area contributed by atoms with E-state index in [4.69, 9.17) is 9.47 Å². The molecule has 1 heterocycles. The molecule has 48 heavy (non-hydrogen) atoms. The monoisotopic (exact) mass is 671 g/mol. The maximum absolute atomic E-state index is 13.9. The van der Waals surface area contributed by atoms with E-state index in [0.29, 0.717) is 44.0 Å². The minimum absolute atomic E-state index is 0.105.